The van der Waals surface area contributed by atoms with Gasteiger partial charge in [0.05, 0.1) is 11.2 Å². The highest BCUT2D eigenvalue weighted by Crippen LogP contribution is 2.30. The van der Waals surface area contributed by atoms with Crippen molar-refractivity contribution in [2.75, 3.05) is 0 Å². The zero-order valence-corrected chi connectivity index (χ0v) is 12.7. The smallest absolute Gasteiger partial charge is 0.0541 e. The van der Waals surface area contributed by atoms with E-state index in [0.29, 0.717) is 0 Å². The molecule has 3 aromatic rings. The summed E-state index contributed by atoms with van der Waals surface area (Å²) in [7, 11) is 0. The number of fused-ring (bicyclic) bond motifs is 1. The van der Waals surface area contributed by atoms with E-state index in [0.717, 1.165) is 16.9 Å². The topological polar surface area (TPSA) is 4.93 Å². The lowest BCUT2D eigenvalue weighted by Crippen LogP contribution is -1.96. The minimum Gasteiger partial charge on any atom is -0.309 e. The van der Waals surface area contributed by atoms with E-state index in [2.05, 4.69) is 54.1 Å². The molecule has 0 aliphatic carbocycles. The average Bonchev–Trinajstić information content (AvgIpc) is 2.90. The highest BCUT2D eigenvalue weighted by Gasteiger charge is 2.13. The number of benzene rings is 2. The summed E-state index contributed by atoms with van der Waals surface area (Å²) < 4.78 is 2.22. The first-order valence-electron chi connectivity index (χ1n) is 7.30. The first-order valence-corrected chi connectivity index (χ1v) is 7.30. The summed E-state index contributed by atoms with van der Waals surface area (Å²) in [5.41, 5.74) is 4.54. The van der Waals surface area contributed by atoms with Gasteiger partial charge in [0.1, 0.15) is 0 Å². The number of nitrogens with zero attached hydrogens (tertiary/aromatic N) is 1. The highest BCUT2D eigenvalue weighted by molar-refractivity contribution is 5.95. The van der Waals surface area contributed by atoms with Crippen LogP contribution in [0.25, 0.3) is 28.7 Å². The van der Waals surface area contributed by atoms with Crippen LogP contribution in [-0.2, 0) is 0 Å². The molecule has 1 heterocycles. The third kappa shape index (κ3) is 2.55. The molecule has 106 valence electrons. The molecule has 0 atom stereocenters. The van der Waals surface area contributed by atoms with Crippen LogP contribution in [0.15, 0.2) is 67.8 Å². The van der Waals surface area contributed by atoms with E-state index in [-0.39, 0.29) is 0 Å². The van der Waals surface area contributed by atoms with Gasteiger partial charge in [-0.2, -0.15) is 0 Å². The molecule has 1 nitrogen and oxygen atoms in total. The van der Waals surface area contributed by atoms with Crippen molar-refractivity contribution in [2.45, 2.75) is 13.8 Å². The Labute approximate surface area is 126 Å². The van der Waals surface area contributed by atoms with Gasteiger partial charge in [0.25, 0.3) is 0 Å². The summed E-state index contributed by atoms with van der Waals surface area (Å²) in [5, 5.41) is 1.20. The van der Waals surface area contributed by atoms with Gasteiger partial charge in [-0.05, 0) is 24.3 Å². The van der Waals surface area contributed by atoms with Crippen molar-refractivity contribution in [1.82, 2.24) is 4.57 Å². The Hall–Kier alpha value is -2.54. The Kier molecular flexibility index (Phi) is 4.78. The molecule has 0 fully saturated rings. The molecule has 0 unspecified atom stereocenters. The quantitative estimate of drug-likeness (QED) is 0.557. The summed E-state index contributed by atoms with van der Waals surface area (Å²) >= 11 is 0. The molecule has 1 aromatic heterocycles. The summed E-state index contributed by atoms with van der Waals surface area (Å²) in [6, 6.07) is 18.7. The maximum Gasteiger partial charge on any atom is 0.0541 e. The monoisotopic (exact) mass is 275 g/mol. The van der Waals surface area contributed by atoms with Gasteiger partial charge < -0.3 is 4.57 Å². The molecule has 0 bridgehead atoms. The molecule has 1 heteroatoms. The van der Waals surface area contributed by atoms with Gasteiger partial charge in [0, 0.05) is 16.6 Å². The molecular weight excluding hydrogens is 254 g/mol. The average molecular weight is 275 g/mol. The van der Waals surface area contributed by atoms with Gasteiger partial charge in [0.15, 0.2) is 0 Å². The van der Waals surface area contributed by atoms with Crippen LogP contribution in [0.3, 0.4) is 0 Å². The van der Waals surface area contributed by atoms with Crippen molar-refractivity contribution in [3.63, 3.8) is 0 Å². The number of aromatic nitrogens is 1. The molecule has 0 spiro atoms. The zero-order valence-electron chi connectivity index (χ0n) is 12.7. The Balaban J connectivity index is 0.000000774. The van der Waals surface area contributed by atoms with E-state index in [9.17, 15) is 0 Å². The first-order chi connectivity index (χ1) is 10.4. The summed E-state index contributed by atoms with van der Waals surface area (Å²) in [5.74, 6) is 0. The highest BCUT2D eigenvalue weighted by atomic mass is 15.0. The zero-order chi connectivity index (χ0) is 15.2. The Bertz CT molecular complexity index is 748. The third-order valence-corrected chi connectivity index (χ3v) is 3.36. The normalized spacial score (nSPS) is 9.81. The van der Waals surface area contributed by atoms with E-state index < -0.39 is 0 Å². The van der Waals surface area contributed by atoms with Crippen LogP contribution in [0.2, 0.25) is 0 Å². The van der Waals surface area contributed by atoms with Gasteiger partial charge >= 0.3 is 0 Å². The molecule has 2 aromatic carbocycles. The summed E-state index contributed by atoms with van der Waals surface area (Å²) in [4.78, 5) is 0. The van der Waals surface area contributed by atoms with E-state index in [1.165, 1.54) is 10.9 Å². The van der Waals surface area contributed by atoms with Crippen LogP contribution in [0.4, 0.5) is 0 Å². The fourth-order valence-electron chi connectivity index (χ4n) is 2.56. The minimum absolute atomic E-state index is 1.09. The van der Waals surface area contributed by atoms with Crippen molar-refractivity contribution < 1.29 is 0 Å². The van der Waals surface area contributed by atoms with E-state index >= 15 is 0 Å². The van der Waals surface area contributed by atoms with E-state index in [1.54, 1.807) is 0 Å². The second-order valence-electron chi connectivity index (χ2n) is 4.40. The molecule has 21 heavy (non-hydrogen) atoms. The van der Waals surface area contributed by atoms with Crippen LogP contribution in [-0.4, -0.2) is 4.57 Å². The lowest BCUT2D eigenvalue weighted by atomic mass is 10.1. The number of hydrogen-bond donors (Lipinski definition) is 0. The van der Waals surface area contributed by atoms with Crippen LogP contribution in [0.1, 0.15) is 25.1 Å². The molecule has 0 amide bonds. The summed E-state index contributed by atoms with van der Waals surface area (Å²) in [6.45, 7) is 11.9. The van der Waals surface area contributed by atoms with Crippen molar-refractivity contribution in [3.05, 3.63) is 79.0 Å². The van der Waals surface area contributed by atoms with Crippen molar-refractivity contribution >= 4 is 23.1 Å². The van der Waals surface area contributed by atoms with Crippen LogP contribution in [0.5, 0.6) is 0 Å². The minimum atomic E-state index is 1.09. The Morgan fingerprint density at radius 2 is 1.43 bits per heavy atom. The van der Waals surface area contributed by atoms with E-state index in [4.69, 9.17) is 0 Å². The van der Waals surface area contributed by atoms with Crippen molar-refractivity contribution in [1.29, 1.82) is 0 Å². The van der Waals surface area contributed by atoms with Gasteiger partial charge in [-0.3, -0.25) is 0 Å². The Morgan fingerprint density at radius 1 is 0.810 bits per heavy atom. The van der Waals surface area contributed by atoms with Gasteiger partial charge in [-0.25, -0.2) is 0 Å². The lowest BCUT2D eigenvalue weighted by Gasteiger charge is -2.08. The van der Waals surface area contributed by atoms with Gasteiger partial charge in [-0.1, -0.05) is 69.5 Å². The second-order valence-corrected chi connectivity index (χ2v) is 4.40. The van der Waals surface area contributed by atoms with Gasteiger partial charge in [0.2, 0.25) is 0 Å². The van der Waals surface area contributed by atoms with E-state index in [1.807, 2.05) is 44.2 Å². The fourth-order valence-corrected chi connectivity index (χ4v) is 2.56. The predicted octanol–water partition coefficient (Wildman–Crippen LogP) is 5.94. The number of rotatable bonds is 3. The maximum atomic E-state index is 3.95. The van der Waals surface area contributed by atoms with Crippen LogP contribution >= 0.6 is 0 Å². The fraction of sp³-hybridized carbons (Fsp3) is 0.100. The van der Waals surface area contributed by atoms with Crippen molar-refractivity contribution in [2.24, 2.45) is 0 Å². The standard InChI is InChI=1S/C18H15N.C2H6/c1-3-15-16-12-8-9-13-18(16)19(17(15)4-2)14-10-6-5-7-11-14;1-2/h3-13H,1-2H2;1-2H3. The molecule has 0 aliphatic rings. The number of para-hydroxylation sites is 2. The maximum absolute atomic E-state index is 3.95. The molecule has 0 radical (unpaired) electrons. The Morgan fingerprint density at radius 3 is 2.05 bits per heavy atom. The van der Waals surface area contributed by atoms with Gasteiger partial charge in [-0.15, -0.1) is 0 Å². The largest absolute Gasteiger partial charge is 0.309 e. The molecule has 0 saturated carbocycles. The predicted molar refractivity (Wildman–Crippen MR) is 94.8 cm³/mol. The molecular formula is C20H21N. The SMILES string of the molecule is C=Cc1c(C=C)n(-c2ccccc2)c2ccccc12.CC. The van der Waals surface area contributed by atoms with Crippen molar-refractivity contribution in [3.8, 4) is 5.69 Å². The molecule has 0 saturated heterocycles. The molecule has 0 N–H and O–H groups in total. The third-order valence-electron chi connectivity index (χ3n) is 3.36. The number of hydrogen-bond acceptors (Lipinski definition) is 0. The van der Waals surface area contributed by atoms with Crippen LogP contribution < -0.4 is 0 Å². The molecule has 0 aliphatic heterocycles. The molecule has 3 rings (SSSR count). The second kappa shape index (κ2) is 6.76. The lowest BCUT2D eigenvalue weighted by molar-refractivity contribution is 1.11. The summed E-state index contributed by atoms with van der Waals surface area (Å²) in [6.07, 6.45) is 3.79. The van der Waals surface area contributed by atoms with Crippen LogP contribution in [0, 0.1) is 0 Å². The first kappa shape index (κ1) is 14.9.